The predicted molar refractivity (Wildman–Crippen MR) is 62.6 cm³/mol. The molecule has 0 saturated heterocycles. The number of hydrogen-bond donors (Lipinski definition) is 1. The molecule has 0 heterocycles. The topological polar surface area (TPSA) is 60.4 Å². The molecule has 1 aliphatic carbocycles. The van der Waals surface area contributed by atoms with E-state index in [-0.39, 0.29) is 6.42 Å². The maximum atomic E-state index is 10.6. The van der Waals surface area contributed by atoms with Gasteiger partial charge in [-0.25, -0.2) is 0 Å². The van der Waals surface area contributed by atoms with E-state index in [2.05, 4.69) is 0 Å². The van der Waals surface area contributed by atoms with Gasteiger partial charge < -0.3 is 15.0 Å². The monoisotopic (exact) mass is 233 g/mol. The van der Waals surface area contributed by atoms with Gasteiger partial charge in [-0.15, -0.1) is 0 Å². The fourth-order valence-electron chi connectivity index (χ4n) is 2.62. The highest BCUT2D eigenvalue weighted by molar-refractivity contribution is 5.68. The maximum Gasteiger partial charge on any atom is 0.119 e. The molecule has 0 unspecified atom stereocenters. The van der Waals surface area contributed by atoms with Crippen LogP contribution in [0.1, 0.15) is 49.1 Å². The molecule has 0 aromatic heterocycles. The lowest BCUT2D eigenvalue weighted by atomic mass is 9.83. The molecule has 0 aliphatic heterocycles. The van der Waals surface area contributed by atoms with Crippen molar-refractivity contribution in [1.29, 1.82) is 0 Å². The minimum atomic E-state index is -1.08. The third-order valence-electron chi connectivity index (χ3n) is 3.49. The van der Waals surface area contributed by atoms with Crippen molar-refractivity contribution < 1.29 is 15.0 Å². The third-order valence-corrected chi connectivity index (χ3v) is 3.49. The quantitative estimate of drug-likeness (QED) is 0.865. The standard InChI is InChI=1S/C14H18O3/c15-13-7-6-10(9-14(16)17)8-12(13)11-4-2-1-3-5-11/h6-8,11,15H,1-5,9H2,(H,16,17)/p-1. The summed E-state index contributed by atoms with van der Waals surface area (Å²) in [5.74, 6) is -0.408. The zero-order valence-electron chi connectivity index (χ0n) is 9.82. The molecule has 17 heavy (non-hydrogen) atoms. The van der Waals surface area contributed by atoms with Crippen LogP contribution in [0.15, 0.2) is 18.2 Å². The van der Waals surface area contributed by atoms with Crippen molar-refractivity contribution >= 4 is 5.97 Å². The first-order chi connectivity index (χ1) is 8.16. The highest BCUT2D eigenvalue weighted by atomic mass is 16.4. The summed E-state index contributed by atoms with van der Waals surface area (Å²) in [6.45, 7) is 0. The van der Waals surface area contributed by atoms with Crippen LogP contribution in [0.4, 0.5) is 0 Å². The summed E-state index contributed by atoms with van der Waals surface area (Å²) in [5, 5.41) is 20.4. The van der Waals surface area contributed by atoms with Crippen molar-refractivity contribution in [3.63, 3.8) is 0 Å². The number of phenolic OH excluding ortho intramolecular Hbond substituents is 1. The van der Waals surface area contributed by atoms with Crippen LogP contribution in [0, 0.1) is 0 Å². The van der Waals surface area contributed by atoms with Crippen molar-refractivity contribution in [2.45, 2.75) is 44.4 Å². The molecular formula is C14H17O3-. The van der Waals surface area contributed by atoms with E-state index in [1.54, 1.807) is 12.1 Å². The van der Waals surface area contributed by atoms with Gasteiger partial charge in [0.1, 0.15) is 5.75 Å². The highest BCUT2D eigenvalue weighted by Crippen LogP contribution is 2.37. The Morgan fingerprint density at radius 1 is 1.29 bits per heavy atom. The number of benzene rings is 1. The molecule has 1 N–H and O–H groups in total. The summed E-state index contributed by atoms with van der Waals surface area (Å²) in [7, 11) is 0. The first-order valence-corrected chi connectivity index (χ1v) is 6.18. The smallest absolute Gasteiger partial charge is 0.119 e. The van der Waals surface area contributed by atoms with E-state index in [0.717, 1.165) is 18.4 Å². The second-order valence-electron chi connectivity index (χ2n) is 4.78. The van der Waals surface area contributed by atoms with Crippen LogP contribution >= 0.6 is 0 Å². The Labute approximate surface area is 101 Å². The van der Waals surface area contributed by atoms with Gasteiger partial charge in [0.15, 0.2) is 0 Å². The van der Waals surface area contributed by atoms with Crippen molar-refractivity contribution in [3.8, 4) is 5.75 Å². The van der Waals surface area contributed by atoms with E-state index >= 15 is 0 Å². The van der Waals surface area contributed by atoms with Gasteiger partial charge in [-0.2, -0.15) is 0 Å². The Morgan fingerprint density at radius 2 is 2.00 bits per heavy atom. The van der Waals surface area contributed by atoms with Crippen LogP contribution < -0.4 is 5.11 Å². The van der Waals surface area contributed by atoms with E-state index in [1.807, 2.05) is 6.07 Å². The van der Waals surface area contributed by atoms with Crippen molar-refractivity contribution in [2.75, 3.05) is 0 Å². The molecule has 3 nitrogen and oxygen atoms in total. The largest absolute Gasteiger partial charge is 0.550 e. The van der Waals surface area contributed by atoms with Crippen LogP contribution in [-0.2, 0) is 11.2 Å². The summed E-state index contributed by atoms with van der Waals surface area (Å²) in [6.07, 6.45) is 5.73. The minimum absolute atomic E-state index is 0.0833. The first kappa shape index (κ1) is 12.0. The summed E-state index contributed by atoms with van der Waals surface area (Å²) >= 11 is 0. The van der Waals surface area contributed by atoms with Gasteiger partial charge in [-0.05, 0) is 36.0 Å². The number of carbonyl (C=O) groups excluding carboxylic acids is 1. The zero-order chi connectivity index (χ0) is 12.3. The molecule has 1 aliphatic rings. The molecule has 1 aromatic carbocycles. The van der Waals surface area contributed by atoms with Gasteiger partial charge in [0.05, 0.1) is 0 Å². The van der Waals surface area contributed by atoms with E-state index < -0.39 is 5.97 Å². The number of carboxylic acid groups (broad SMARTS) is 1. The molecule has 0 atom stereocenters. The fraction of sp³-hybridized carbons (Fsp3) is 0.500. The minimum Gasteiger partial charge on any atom is -0.550 e. The summed E-state index contributed by atoms with van der Waals surface area (Å²) in [6, 6.07) is 5.07. The van der Waals surface area contributed by atoms with Crippen LogP contribution in [0.2, 0.25) is 0 Å². The second kappa shape index (κ2) is 5.21. The number of aromatic hydroxyl groups is 1. The molecule has 0 radical (unpaired) electrons. The SMILES string of the molecule is O=C([O-])Cc1ccc(O)c(C2CCCCC2)c1. The Hall–Kier alpha value is -1.51. The van der Waals surface area contributed by atoms with Crippen LogP contribution in [0.5, 0.6) is 5.75 Å². The normalized spacial score (nSPS) is 16.9. The highest BCUT2D eigenvalue weighted by Gasteiger charge is 2.18. The van der Waals surface area contributed by atoms with Gasteiger partial charge >= 0.3 is 0 Å². The number of hydrogen-bond acceptors (Lipinski definition) is 3. The Morgan fingerprint density at radius 3 is 2.65 bits per heavy atom. The van der Waals surface area contributed by atoms with Gasteiger partial charge in [0.2, 0.25) is 0 Å². The van der Waals surface area contributed by atoms with Gasteiger partial charge in [-0.1, -0.05) is 31.4 Å². The Kier molecular flexibility index (Phi) is 3.67. The summed E-state index contributed by atoms with van der Waals surface area (Å²) in [5.41, 5.74) is 1.62. The van der Waals surface area contributed by atoms with Crippen LogP contribution in [-0.4, -0.2) is 11.1 Å². The van der Waals surface area contributed by atoms with Gasteiger partial charge in [-0.3, -0.25) is 0 Å². The van der Waals surface area contributed by atoms with Crippen LogP contribution in [0.25, 0.3) is 0 Å². The number of phenols is 1. The van der Waals surface area contributed by atoms with Crippen molar-refractivity contribution in [3.05, 3.63) is 29.3 Å². The summed E-state index contributed by atoms with van der Waals surface area (Å²) < 4.78 is 0. The number of rotatable bonds is 3. The van der Waals surface area contributed by atoms with E-state index in [1.165, 1.54) is 19.3 Å². The second-order valence-corrected chi connectivity index (χ2v) is 4.78. The van der Waals surface area contributed by atoms with Crippen molar-refractivity contribution in [2.24, 2.45) is 0 Å². The number of aliphatic carboxylic acids is 1. The van der Waals surface area contributed by atoms with E-state index in [9.17, 15) is 15.0 Å². The Balaban J connectivity index is 2.21. The summed E-state index contributed by atoms with van der Waals surface area (Å²) in [4.78, 5) is 10.6. The lowest BCUT2D eigenvalue weighted by Gasteiger charge is -2.23. The van der Waals surface area contributed by atoms with E-state index in [0.29, 0.717) is 17.2 Å². The molecular weight excluding hydrogens is 216 g/mol. The van der Waals surface area contributed by atoms with Crippen LogP contribution in [0.3, 0.4) is 0 Å². The maximum absolute atomic E-state index is 10.6. The zero-order valence-corrected chi connectivity index (χ0v) is 9.82. The van der Waals surface area contributed by atoms with Gasteiger partial charge in [0.25, 0.3) is 0 Å². The molecule has 0 amide bonds. The van der Waals surface area contributed by atoms with Crippen molar-refractivity contribution in [1.82, 2.24) is 0 Å². The predicted octanol–water partition coefficient (Wildman–Crippen LogP) is 1.73. The number of carboxylic acids is 1. The lowest BCUT2D eigenvalue weighted by molar-refractivity contribution is -0.304. The molecule has 2 rings (SSSR count). The van der Waals surface area contributed by atoms with Gasteiger partial charge in [0, 0.05) is 12.4 Å². The molecule has 1 saturated carbocycles. The third kappa shape index (κ3) is 2.99. The fourth-order valence-corrected chi connectivity index (χ4v) is 2.62. The first-order valence-electron chi connectivity index (χ1n) is 6.18. The molecule has 0 bridgehead atoms. The number of carbonyl (C=O) groups is 1. The van der Waals surface area contributed by atoms with E-state index in [4.69, 9.17) is 0 Å². The lowest BCUT2D eigenvalue weighted by Crippen LogP contribution is -2.24. The molecule has 92 valence electrons. The average Bonchev–Trinajstić information content (AvgIpc) is 2.32. The Bertz CT molecular complexity index is 406. The average molecular weight is 233 g/mol. The molecule has 1 aromatic rings. The molecule has 3 heteroatoms. The molecule has 1 fully saturated rings. The molecule has 0 spiro atoms.